The molecule has 0 spiro atoms. The van der Waals surface area contributed by atoms with Gasteiger partial charge in [0.25, 0.3) is 5.91 Å². The summed E-state index contributed by atoms with van der Waals surface area (Å²) in [4.78, 5) is 14.3. The molecule has 0 aromatic heterocycles. The van der Waals surface area contributed by atoms with E-state index in [1.165, 1.54) is 0 Å². The lowest BCUT2D eigenvalue weighted by molar-refractivity contribution is 0.0951. The Morgan fingerprint density at radius 3 is 2.33 bits per heavy atom. The van der Waals surface area contributed by atoms with Gasteiger partial charge in [-0.05, 0) is 41.5 Å². The Bertz CT molecular complexity index is 874. The van der Waals surface area contributed by atoms with Crippen LogP contribution in [0.25, 0.3) is 0 Å². The molecule has 0 heterocycles. The Kier molecular flexibility index (Phi) is 6.10. The van der Waals surface area contributed by atoms with Crippen LogP contribution in [-0.2, 0) is 13.2 Å². The van der Waals surface area contributed by atoms with E-state index in [1.54, 1.807) is 0 Å². The highest BCUT2D eigenvalue weighted by atomic mass is 16.5. The number of carbonyl (C=O) groups is 1. The lowest BCUT2D eigenvalue weighted by Crippen LogP contribution is -2.23. The second kappa shape index (κ2) is 8.90. The zero-order chi connectivity index (χ0) is 19.1. The summed E-state index contributed by atoms with van der Waals surface area (Å²) in [6.45, 7) is 1.02. The van der Waals surface area contributed by atoms with E-state index >= 15 is 0 Å². The SMILES string of the molecule is CN(C)c1cccc(C(=O)NCc2ccc(OCc3ccccc3)cc2)c1. The van der Waals surface area contributed by atoms with Crippen LogP contribution in [0.15, 0.2) is 78.9 Å². The smallest absolute Gasteiger partial charge is 0.251 e. The van der Waals surface area contributed by atoms with Gasteiger partial charge in [-0.1, -0.05) is 48.5 Å². The van der Waals surface area contributed by atoms with Crippen molar-refractivity contribution < 1.29 is 9.53 Å². The maximum Gasteiger partial charge on any atom is 0.251 e. The lowest BCUT2D eigenvalue weighted by Gasteiger charge is -2.13. The molecule has 1 N–H and O–H groups in total. The van der Waals surface area contributed by atoms with Crippen LogP contribution in [0.4, 0.5) is 5.69 Å². The zero-order valence-corrected chi connectivity index (χ0v) is 15.7. The molecule has 27 heavy (non-hydrogen) atoms. The van der Waals surface area contributed by atoms with Gasteiger partial charge in [-0.2, -0.15) is 0 Å². The predicted molar refractivity (Wildman–Crippen MR) is 109 cm³/mol. The number of benzene rings is 3. The molecule has 0 unspecified atom stereocenters. The number of rotatable bonds is 7. The van der Waals surface area contributed by atoms with Crippen molar-refractivity contribution in [2.75, 3.05) is 19.0 Å². The maximum absolute atomic E-state index is 12.4. The van der Waals surface area contributed by atoms with Crippen LogP contribution >= 0.6 is 0 Å². The molecule has 3 rings (SSSR count). The first kappa shape index (κ1) is 18.5. The van der Waals surface area contributed by atoms with E-state index in [1.807, 2.05) is 97.9 Å². The third-order valence-corrected chi connectivity index (χ3v) is 4.25. The van der Waals surface area contributed by atoms with Crippen LogP contribution in [-0.4, -0.2) is 20.0 Å². The number of nitrogens with zero attached hydrogens (tertiary/aromatic N) is 1. The minimum absolute atomic E-state index is 0.0805. The molecule has 3 aromatic carbocycles. The summed E-state index contributed by atoms with van der Waals surface area (Å²) in [7, 11) is 3.91. The monoisotopic (exact) mass is 360 g/mol. The highest BCUT2D eigenvalue weighted by Crippen LogP contribution is 2.15. The molecule has 4 nitrogen and oxygen atoms in total. The number of anilines is 1. The second-order valence-corrected chi connectivity index (χ2v) is 6.55. The van der Waals surface area contributed by atoms with Crippen molar-refractivity contribution in [1.82, 2.24) is 5.32 Å². The summed E-state index contributed by atoms with van der Waals surface area (Å²) in [6, 6.07) is 25.4. The van der Waals surface area contributed by atoms with Gasteiger partial charge in [-0.3, -0.25) is 4.79 Å². The molecule has 4 heteroatoms. The highest BCUT2D eigenvalue weighted by Gasteiger charge is 2.07. The maximum atomic E-state index is 12.4. The molecule has 0 radical (unpaired) electrons. The summed E-state index contributed by atoms with van der Waals surface area (Å²) in [5.41, 5.74) is 3.82. The van der Waals surface area contributed by atoms with Gasteiger partial charge in [-0.15, -0.1) is 0 Å². The van der Waals surface area contributed by atoms with Crippen molar-refractivity contribution in [2.45, 2.75) is 13.2 Å². The summed E-state index contributed by atoms with van der Waals surface area (Å²) in [5, 5.41) is 2.96. The number of hydrogen-bond donors (Lipinski definition) is 1. The lowest BCUT2D eigenvalue weighted by atomic mass is 10.1. The second-order valence-electron chi connectivity index (χ2n) is 6.55. The van der Waals surface area contributed by atoms with E-state index in [2.05, 4.69) is 5.32 Å². The molecule has 0 aliphatic rings. The van der Waals surface area contributed by atoms with Crippen molar-refractivity contribution in [2.24, 2.45) is 0 Å². The van der Waals surface area contributed by atoms with E-state index in [0.717, 1.165) is 22.6 Å². The molecule has 0 fully saturated rings. The fourth-order valence-electron chi connectivity index (χ4n) is 2.65. The minimum Gasteiger partial charge on any atom is -0.489 e. The molecule has 0 atom stereocenters. The van der Waals surface area contributed by atoms with E-state index in [0.29, 0.717) is 18.7 Å². The molecule has 0 saturated heterocycles. The van der Waals surface area contributed by atoms with Gasteiger partial charge in [-0.25, -0.2) is 0 Å². The quantitative estimate of drug-likeness (QED) is 0.684. The number of ether oxygens (including phenoxy) is 1. The average molecular weight is 360 g/mol. The van der Waals surface area contributed by atoms with Crippen LogP contribution in [0.1, 0.15) is 21.5 Å². The molecule has 0 bridgehead atoms. The normalized spacial score (nSPS) is 10.3. The van der Waals surface area contributed by atoms with Crippen LogP contribution in [0.2, 0.25) is 0 Å². The van der Waals surface area contributed by atoms with Crippen LogP contribution in [0.3, 0.4) is 0 Å². The highest BCUT2D eigenvalue weighted by molar-refractivity contribution is 5.95. The van der Waals surface area contributed by atoms with Gasteiger partial charge >= 0.3 is 0 Å². The molecule has 1 amide bonds. The third kappa shape index (κ3) is 5.35. The first-order valence-corrected chi connectivity index (χ1v) is 8.93. The number of amides is 1. The van der Waals surface area contributed by atoms with Crippen LogP contribution in [0, 0.1) is 0 Å². The number of carbonyl (C=O) groups excluding carboxylic acids is 1. The minimum atomic E-state index is -0.0805. The fraction of sp³-hybridized carbons (Fsp3) is 0.174. The molecule has 0 saturated carbocycles. The first-order valence-electron chi connectivity index (χ1n) is 8.93. The van der Waals surface area contributed by atoms with E-state index in [4.69, 9.17) is 4.74 Å². The number of hydrogen-bond acceptors (Lipinski definition) is 3. The molecule has 0 aliphatic carbocycles. The van der Waals surface area contributed by atoms with Crippen molar-refractivity contribution in [3.63, 3.8) is 0 Å². The fourth-order valence-corrected chi connectivity index (χ4v) is 2.65. The van der Waals surface area contributed by atoms with Crippen molar-refractivity contribution >= 4 is 11.6 Å². The van der Waals surface area contributed by atoms with Gasteiger partial charge in [0.1, 0.15) is 12.4 Å². The van der Waals surface area contributed by atoms with E-state index in [9.17, 15) is 4.79 Å². The van der Waals surface area contributed by atoms with Gasteiger partial charge in [0.15, 0.2) is 0 Å². The standard InChI is InChI=1S/C23H24N2O2/c1-25(2)21-10-6-9-20(15-21)23(26)24-16-18-11-13-22(14-12-18)27-17-19-7-4-3-5-8-19/h3-15H,16-17H2,1-2H3,(H,24,26). The largest absolute Gasteiger partial charge is 0.489 e. The Morgan fingerprint density at radius 1 is 0.889 bits per heavy atom. The van der Waals surface area contributed by atoms with E-state index in [-0.39, 0.29) is 5.91 Å². The average Bonchev–Trinajstić information content (AvgIpc) is 2.72. The van der Waals surface area contributed by atoms with Crippen molar-refractivity contribution in [3.8, 4) is 5.75 Å². The van der Waals surface area contributed by atoms with Gasteiger partial charge in [0.05, 0.1) is 0 Å². The molecular formula is C23H24N2O2. The summed E-state index contributed by atoms with van der Waals surface area (Å²) in [5.74, 6) is 0.732. The van der Waals surface area contributed by atoms with Gasteiger partial charge < -0.3 is 15.0 Å². The Labute approximate surface area is 160 Å². The van der Waals surface area contributed by atoms with Crippen LogP contribution in [0.5, 0.6) is 5.75 Å². The summed E-state index contributed by atoms with van der Waals surface area (Å²) in [6.07, 6.45) is 0. The Balaban J connectivity index is 1.52. The topological polar surface area (TPSA) is 41.6 Å². The number of nitrogens with one attached hydrogen (secondary N) is 1. The third-order valence-electron chi connectivity index (χ3n) is 4.25. The molecule has 3 aromatic rings. The molecular weight excluding hydrogens is 336 g/mol. The van der Waals surface area contributed by atoms with Crippen molar-refractivity contribution in [3.05, 3.63) is 95.6 Å². The van der Waals surface area contributed by atoms with Crippen LogP contribution < -0.4 is 15.0 Å². The van der Waals surface area contributed by atoms with Gasteiger partial charge in [0, 0.05) is 31.9 Å². The zero-order valence-electron chi connectivity index (χ0n) is 15.7. The predicted octanol–water partition coefficient (Wildman–Crippen LogP) is 4.26. The Morgan fingerprint density at radius 2 is 1.63 bits per heavy atom. The molecule has 138 valence electrons. The van der Waals surface area contributed by atoms with E-state index < -0.39 is 0 Å². The molecule has 0 aliphatic heterocycles. The summed E-state index contributed by atoms with van der Waals surface area (Å²) < 4.78 is 5.79. The summed E-state index contributed by atoms with van der Waals surface area (Å²) >= 11 is 0. The Hall–Kier alpha value is -3.27. The van der Waals surface area contributed by atoms with Gasteiger partial charge in [0.2, 0.25) is 0 Å². The van der Waals surface area contributed by atoms with Crippen molar-refractivity contribution in [1.29, 1.82) is 0 Å². The first-order chi connectivity index (χ1) is 13.1.